The summed E-state index contributed by atoms with van der Waals surface area (Å²) in [5, 5.41) is 8.11. The summed E-state index contributed by atoms with van der Waals surface area (Å²) >= 11 is 1.20. The van der Waals surface area contributed by atoms with Crippen LogP contribution < -0.4 is 4.90 Å². The molecule has 0 aliphatic rings. The number of carbonyl (C=O) groups excluding carboxylic acids is 1. The van der Waals surface area contributed by atoms with Crippen LogP contribution in [0.3, 0.4) is 0 Å². The topological polar surface area (TPSA) is 72.4 Å². The second-order valence-electron chi connectivity index (χ2n) is 4.43. The van der Waals surface area contributed by atoms with Gasteiger partial charge in [0.2, 0.25) is 5.91 Å². The molecule has 3 rings (SSSR count). The predicted octanol–water partition coefficient (Wildman–Crippen LogP) is 3.08. The Bertz CT molecular complexity index is 741. The summed E-state index contributed by atoms with van der Waals surface area (Å²) in [5.74, 6) is 0.975. The number of benzene rings is 1. The highest BCUT2D eigenvalue weighted by Crippen LogP contribution is 2.24. The van der Waals surface area contributed by atoms with Gasteiger partial charge in [-0.2, -0.15) is 0 Å². The zero-order valence-corrected chi connectivity index (χ0v) is 12.6. The lowest BCUT2D eigenvalue weighted by Crippen LogP contribution is -2.27. The lowest BCUT2D eigenvalue weighted by Gasteiger charge is -2.16. The Kier molecular flexibility index (Phi) is 4.24. The number of nitrogens with zero attached hydrogens (tertiary/aromatic N) is 3. The van der Waals surface area contributed by atoms with Crippen LogP contribution in [0.2, 0.25) is 0 Å². The molecule has 3 aromatic rings. The minimum absolute atomic E-state index is 0.0473. The van der Waals surface area contributed by atoms with Crippen molar-refractivity contribution in [1.29, 1.82) is 0 Å². The number of thioether (sulfide) groups is 1. The summed E-state index contributed by atoms with van der Waals surface area (Å²) in [4.78, 5) is 13.7. The number of amides is 1. The third-order valence-corrected chi connectivity index (χ3v) is 3.78. The average Bonchev–Trinajstić information content (AvgIpc) is 3.23. The van der Waals surface area contributed by atoms with Gasteiger partial charge in [-0.05, 0) is 24.3 Å². The fraction of sp³-hybridized carbons (Fsp3) is 0.133. The zero-order chi connectivity index (χ0) is 15.4. The van der Waals surface area contributed by atoms with Crippen molar-refractivity contribution in [2.75, 3.05) is 17.7 Å². The third-order valence-electron chi connectivity index (χ3n) is 2.98. The van der Waals surface area contributed by atoms with Gasteiger partial charge in [0, 0.05) is 12.7 Å². The fourth-order valence-electron chi connectivity index (χ4n) is 1.78. The second kappa shape index (κ2) is 6.48. The van der Waals surface area contributed by atoms with E-state index in [1.54, 1.807) is 24.1 Å². The molecular formula is C15H13N3O3S. The zero-order valence-electron chi connectivity index (χ0n) is 11.8. The summed E-state index contributed by atoms with van der Waals surface area (Å²) in [6.45, 7) is 0. The monoisotopic (exact) mass is 315 g/mol. The van der Waals surface area contributed by atoms with Crippen LogP contribution in [0.15, 0.2) is 62.8 Å². The number of aromatic nitrogens is 2. The van der Waals surface area contributed by atoms with E-state index in [1.807, 2.05) is 30.3 Å². The predicted molar refractivity (Wildman–Crippen MR) is 82.6 cm³/mol. The molecule has 0 atom stereocenters. The molecule has 2 aromatic heterocycles. The van der Waals surface area contributed by atoms with Gasteiger partial charge in [0.15, 0.2) is 5.76 Å². The second-order valence-corrected chi connectivity index (χ2v) is 5.35. The molecule has 1 aromatic carbocycles. The molecule has 0 aliphatic heterocycles. The molecule has 6 nitrogen and oxygen atoms in total. The Morgan fingerprint density at radius 3 is 2.73 bits per heavy atom. The Morgan fingerprint density at radius 1 is 1.18 bits per heavy atom. The van der Waals surface area contributed by atoms with Crippen LogP contribution in [-0.2, 0) is 4.79 Å². The van der Waals surface area contributed by atoms with E-state index < -0.39 is 0 Å². The molecule has 1 amide bonds. The molecule has 2 heterocycles. The smallest absolute Gasteiger partial charge is 0.284 e. The number of hydrogen-bond donors (Lipinski definition) is 0. The molecule has 112 valence electrons. The minimum atomic E-state index is -0.0473. The molecule has 0 fully saturated rings. The van der Waals surface area contributed by atoms with Crippen molar-refractivity contribution >= 4 is 23.4 Å². The van der Waals surface area contributed by atoms with Crippen LogP contribution in [0.5, 0.6) is 0 Å². The number of rotatable bonds is 5. The molecule has 0 radical (unpaired) electrons. The van der Waals surface area contributed by atoms with Crippen molar-refractivity contribution in [3.63, 3.8) is 0 Å². The molecule has 0 saturated heterocycles. The van der Waals surface area contributed by atoms with E-state index in [0.29, 0.717) is 16.9 Å². The van der Waals surface area contributed by atoms with Gasteiger partial charge in [-0.15, -0.1) is 10.2 Å². The quantitative estimate of drug-likeness (QED) is 0.674. The first-order valence-corrected chi connectivity index (χ1v) is 7.54. The highest BCUT2D eigenvalue weighted by molar-refractivity contribution is 7.99. The SMILES string of the molecule is CN(C(=O)CSc1nnc(-c2ccco2)o1)c1ccccc1. The van der Waals surface area contributed by atoms with E-state index in [1.165, 1.54) is 18.0 Å². The van der Waals surface area contributed by atoms with Crippen LogP contribution >= 0.6 is 11.8 Å². The highest BCUT2D eigenvalue weighted by Gasteiger charge is 2.15. The van der Waals surface area contributed by atoms with Gasteiger partial charge in [-0.3, -0.25) is 4.79 Å². The largest absolute Gasteiger partial charge is 0.459 e. The Labute approximate surface area is 131 Å². The van der Waals surface area contributed by atoms with Gasteiger partial charge in [-0.25, -0.2) is 0 Å². The van der Waals surface area contributed by atoms with Crippen molar-refractivity contribution in [2.24, 2.45) is 0 Å². The lowest BCUT2D eigenvalue weighted by atomic mass is 10.3. The maximum atomic E-state index is 12.1. The van der Waals surface area contributed by atoms with Crippen molar-refractivity contribution in [3.8, 4) is 11.7 Å². The van der Waals surface area contributed by atoms with Crippen LogP contribution in [0, 0.1) is 0 Å². The van der Waals surface area contributed by atoms with Crippen molar-refractivity contribution < 1.29 is 13.6 Å². The molecule has 22 heavy (non-hydrogen) atoms. The van der Waals surface area contributed by atoms with Gasteiger partial charge in [0.1, 0.15) is 0 Å². The normalized spacial score (nSPS) is 10.6. The Hall–Kier alpha value is -2.54. The van der Waals surface area contributed by atoms with E-state index in [-0.39, 0.29) is 11.7 Å². The molecule has 0 bridgehead atoms. The van der Waals surface area contributed by atoms with Crippen LogP contribution in [-0.4, -0.2) is 28.9 Å². The number of anilines is 1. The Morgan fingerprint density at radius 2 is 2.00 bits per heavy atom. The average molecular weight is 315 g/mol. The third kappa shape index (κ3) is 3.20. The van der Waals surface area contributed by atoms with E-state index in [2.05, 4.69) is 10.2 Å². The summed E-state index contributed by atoms with van der Waals surface area (Å²) in [6, 6.07) is 12.9. The Balaban J connectivity index is 1.59. The first kappa shape index (κ1) is 14.4. The van der Waals surface area contributed by atoms with E-state index >= 15 is 0 Å². The maximum absolute atomic E-state index is 12.1. The standard InChI is InChI=1S/C15H13N3O3S/c1-18(11-6-3-2-4-7-11)13(19)10-22-15-17-16-14(21-15)12-8-5-9-20-12/h2-9H,10H2,1H3. The molecule has 0 N–H and O–H groups in total. The van der Waals surface area contributed by atoms with Crippen molar-refractivity contribution in [3.05, 3.63) is 48.7 Å². The lowest BCUT2D eigenvalue weighted by molar-refractivity contribution is -0.115. The van der Waals surface area contributed by atoms with Gasteiger partial charge in [-0.1, -0.05) is 30.0 Å². The van der Waals surface area contributed by atoms with Crippen molar-refractivity contribution in [2.45, 2.75) is 5.22 Å². The number of carbonyl (C=O) groups is 1. The van der Waals surface area contributed by atoms with Crippen LogP contribution in [0.25, 0.3) is 11.7 Å². The van der Waals surface area contributed by atoms with E-state index in [4.69, 9.17) is 8.83 Å². The molecule has 0 aliphatic carbocycles. The minimum Gasteiger partial charge on any atom is -0.459 e. The van der Waals surface area contributed by atoms with E-state index in [9.17, 15) is 4.79 Å². The van der Waals surface area contributed by atoms with Gasteiger partial charge in [0.25, 0.3) is 11.1 Å². The molecule has 0 spiro atoms. The summed E-state index contributed by atoms with van der Waals surface area (Å²) in [6.07, 6.45) is 1.53. The first-order valence-electron chi connectivity index (χ1n) is 6.56. The fourth-order valence-corrected chi connectivity index (χ4v) is 2.46. The van der Waals surface area contributed by atoms with Gasteiger partial charge >= 0.3 is 0 Å². The molecule has 0 saturated carbocycles. The summed E-state index contributed by atoms with van der Waals surface area (Å²) in [5.41, 5.74) is 0.843. The molecule has 0 unspecified atom stereocenters. The first-order chi connectivity index (χ1) is 10.7. The number of para-hydroxylation sites is 1. The van der Waals surface area contributed by atoms with Gasteiger partial charge < -0.3 is 13.7 Å². The maximum Gasteiger partial charge on any atom is 0.284 e. The molecular weight excluding hydrogens is 302 g/mol. The number of hydrogen-bond acceptors (Lipinski definition) is 6. The van der Waals surface area contributed by atoms with Gasteiger partial charge in [0.05, 0.1) is 12.0 Å². The number of furan rings is 1. The van der Waals surface area contributed by atoms with Crippen LogP contribution in [0.1, 0.15) is 0 Å². The van der Waals surface area contributed by atoms with Crippen LogP contribution in [0.4, 0.5) is 5.69 Å². The highest BCUT2D eigenvalue weighted by atomic mass is 32.2. The van der Waals surface area contributed by atoms with E-state index in [0.717, 1.165) is 5.69 Å². The summed E-state index contributed by atoms with van der Waals surface area (Å²) in [7, 11) is 1.74. The summed E-state index contributed by atoms with van der Waals surface area (Å²) < 4.78 is 10.6. The molecule has 7 heteroatoms. The van der Waals surface area contributed by atoms with Crippen molar-refractivity contribution in [1.82, 2.24) is 10.2 Å².